The highest BCUT2D eigenvalue weighted by molar-refractivity contribution is 5.78. The number of carbonyl (C=O) groups is 1. The molecule has 2 amide bonds. The molecule has 0 aromatic heterocycles. The molecule has 2 aliphatic carbocycles. The lowest BCUT2D eigenvalue weighted by Gasteiger charge is -2.19. The van der Waals surface area contributed by atoms with Gasteiger partial charge >= 0.3 is 12.2 Å². The lowest BCUT2D eigenvalue weighted by Crippen LogP contribution is -2.41. The summed E-state index contributed by atoms with van der Waals surface area (Å²) in [5.74, 6) is -1.65. The van der Waals surface area contributed by atoms with Crippen LogP contribution in [0, 0.1) is 5.92 Å². The van der Waals surface area contributed by atoms with Crippen molar-refractivity contribution in [2.75, 3.05) is 19.4 Å². The summed E-state index contributed by atoms with van der Waals surface area (Å²) < 4.78 is 39.4. The van der Waals surface area contributed by atoms with E-state index in [0.717, 1.165) is 29.7 Å². The Hall–Kier alpha value is -3.52. The van der Waals surface area contributed by atoms with Crippen LogP contribution in [0.2, 0.25) is 0 Å². The highest BCUT2D eigenvalue weighted by Crippen LogP contribution is 2.34. The number of benzene rings is 2. The van der Waals surface area contributed by atoms with Gasteiger partial charge in [-0.15, -0.1) is 0 Å². The molecule has 2 aliphatic rings. The van der Waals surface area contributed by atoms with Crippen molar-refractivity contribution >= 4 is 17.3 Å². The Balaban J connectivity index is 1.49. The second-order valence-electron chi connectivity index (χ2n) is 9.00. The zero-order chi connectivity index (χ0) is 25.2. The lowest BCUT2D eigenvalue weighted by molar-refractivity contribution is -0.148. The van der Waals surface area contributed by atoms with E-state index in [9.17, 15) is 23.1 Å². The molecule has 0 spiro atoms. The molecule has 2 aromatic rings. The standard InChI is InChI=1S/C27H28F3N3O2/c1-33(2)26(35)32-22-14-18-11-13-21(15-19(18)16-22)31-25(34)24-9-4-3-8-23(24)17-6-5-7-20(12-10-17)27(28,29)30/h3-13,15,20,22,25,31,34H,14,16H2,1-2H3,(H,32,35). The average molecular weight is 484 g/mol. The largest absolute Gasteiger partial charge is 0.398 e. The second-order valence-corrected chi connectivity index (χ2v) is 9.00. The van der Waals surface area contributed by atoms with E-state index in [2.05, 4.69) is 10.6 Å². The highest BCUT2D eigenvalue weighted by Gasteiger charge is 2.36. The average Bonchev–Trinajstić information content (AvgIpc) is 3.02. The van der Waals surface area contributed by atoms with Crippen LogP contribution < -0.4 is 10.6 Å². The van der Waals surface area contributed by atoms with Crippen LogP contribution in [0.4, 0.5) is 23.7 Å². The predicted molar refractivity (Wildman–Crippen MR) is 131 cm³/mol. The van der Waals surface area contributed by atoms with Gasteiger partial charge in [0.2, 0.25) is 0 Å². The van der Waals surface area contributed by atoms with Gasteiger partial charge in [0.1, 0.15) is 0 Å². The molecule has 3 unspecified atom stereocenters. The summed E-state index contributed by atoms with van der Waals surface area (Å²) in [7, 11) is 3.40. The molecule has 0 saturated carbocycles. The van der Waals surface area contributed by atoms with E-state index in [1.54, 1.807) is 44.4 Å². The number of fused-ring (bicyclic) bond motifs is 1. The van der Waals surface area contributed by atoms with Gasteiger partial charge in [-0.3, -0.25) is 0 Å². The minimum atomic E-state index is -4.35. The number of nitrogens with one attached hydrogen (secondary N) is 2. The van der Waals surface area contributed by atoms with Crippen molar-refractivity contribution in [1.29, 1.82) is 0 Å². The molecule has 8 heteroatoms. The fourth-order valence-electron chi connectivity index (χ4n) is 4.35. The number of carbonyl (C=O) groups excluding carboxylic acids is 1. The van der Waals surface area contributed by atoms with Crippen molar-refractivity contribution in [3.8, 4) is 0 Å². The van der Waals surface area contributed by atoms with Gasteiger partial charge < -0.3 is 20.6 Å². The number of hydrogen-bond acceptors (Lipinski definition) is 3. The van der Waals surface area contributed by atoms with Gasteiger partial charge in [0, 0.05) is 31.4 Å². The van der Waals surface area contributed by atoms with Gasteiger partial charge in [-0.1, -0.05) is 60.7 Å². The molecular formula is C27H28F3N3O2. The predicted octanol–water partition coefficient (Wildman–Crippen LogP) is 5.22. The topological polar surface area (TPSA) is 64.6 Å². The molecule has 3 N–H and O–H groups in total. The summed E-state index contributed by atoms with van der Waals surface area (Å²) in [6.07, 6.45) is 2.71. The Morgan fingerprint density at radius 3 is 2.57 bits per heavy atom. The Kier molecular flexibility index (Phi) is 7.03. The smallest absolute Gasteiger partial charge is 0.369 e. The Morgan fingerprint density at radius 1 is 1.09 bits per heavy atom. The number of aliphatic hydroxyl groups is 1. The molecular weight excluding hydrogens is 455 g/mol. The lowest BCUT2D eigenvalue weighted by atomic mass is 9.97. The molecule has 2 aromatic carbocycles. The van der Waals surface area contributed by atoms with Crippen LogP contribution in [0.3, 0.4) is 0 Å². The van der Waals surface area contributed by atoms with E-state index < -0.39 is 18.3 Å². The molecule has 4 rings (SSSR count). The number of allylic oxidation sites excluding steroid dienone is 6. The quantitative estimate of drug-likeness (QED) is 0.512. The first-order chi connectivity index (χ1) is 16.6. The number of nitrogens with zero attached hydrogens (tertiary/aromatic N) is 1. The first-order valence-corrected chi connectivity index (χ1v) is 11.4. The van der Waals surface area contributed by atoms with Crippen LogP contribution in [0.1, 0.15) is 28.5 Å². The molecule has 0 heterocycles. The van der Waals surface area contributed by atoms with E-state index >= 15 is 0 Å². The van der Waals surface area contributed by atoms with Crippen molar-refractivity contribution in [3.05, 3.63) is 95.1 Å². The van der Waals surface area contributed by atoms with Crippen LogP contribution in [0.25, 0.3) is 5.57 Å². The van der Waals surface area contributed by atoms with E-state index in [4.69, 9.17) is 0 Å². The summed E-state index contributed by atoms with van der Waals surface area (Å²) in [4.78, 5) is 13.5. The SMILES string of the molecule is CN(C)C(=O)NC1Cc2ccc(NC(O)c3ccccc3C3=CC=CC(C(F)(F)F)C=C3)cc2C1. The minimum absolute atomic E-state index is 0.0170. The molecule has 0 bridgehead atoms. The van der Waals surface area contributed by atoms with Crippen LogP contribution in [0.15, 0.2) is 72.8 Å². The Bertz CT molecular complexity index is 1180. The number of anilines is 1. The van der Waals surface area contributed by atoms with E-state index in [1.165, 1.54) is 17.1 Å². The third-order valence-corrected chi connectivity index (χ3v) is 6.20. The maximum absolute atomic E-state index is 13.1. The normalized spacial score (nSPS) is 20.0. The van der Waals surface area contributed by atoms with E-state index in [-0.39, 0.29) is 12.1 Å². The molecule has 35 heavy (non-hydrogen) atoms. The van der Waals surface area contributed by atoms with Crippen molar-refractivity contribution in [2.45, 2.75) is 31.3 Å². The maximum Gasteiger partial charge on any atom is 0.398 e. The molecule has 184 valence electrons. The summed E-state index contributed by atoms with van der Waals surface area (Å²) in [5.41, 5.74) is 4.74. The summed E-state index contributed by atoms with van der Waals surface area (Å²) in [6.45, 7) is 0. The molecule has 0 radical (unpaired) electrons. The van der Waals surface area contributed by atoms with E-state index in [0.29, 0.717) is 28.8 Å². The number of rotatable bonds is 5. The zero-order valence-electron chi connectivity index (χ0n) is 19.5. The Morgan fingerprint density at radius 2 is 1.83 bits per heavy atom. The van der Waals surface area contributed by atoms with Crippen molar-refractivity contribution in [2.24, 2.45) is 5.92 Å². The molecule has 0 saturated heterocycles. The maximum atomic E-state index is 13.1. The van der Waals surface area contributed by atoms with Gasteiger partial charge in [-0.05, 0) is 47.2 Å². The number of halogens is 3. The number of aliphatic hydroxyl groups excluding tert-OH is 1. The van der Waals surface area contributed by atoms with Crippen molar-refractivity contribution < 1.29 is 23.1 Å². The summed E-state index contributed by atoms with van der Waals surface area (Å²) in [5, 5.41) is 17.1. The number of urea groups is 1. The number of alkyl halides is 3. The second kappa shape index (κ2) is 10.00. The van der Waals surface area contributed by atoms with Gasteiger partial charge in [-0.2, -0.15) is 13.2 Å². The first kappa shape index (κ1) is 24.6. The zero-order valence-corrected chi connectivity index (χ0v) is 19.5. The van der Waals surface area contributed by atoms with Gasteiger partial charge in [0.05, 0.1) is 5.92 Å². The van der Waals surface area contributed by atoms with Crippen LogP contribution >= 0.6 is 0 Å². The van der Waals surface area contributed by atoms with E-state index in [1.807, 2.05) is 18.2 Å². The summed E-state index contributed by atoms with van der Waals surface area (Å²) >= 11 is 0. The Labute approximate surface area is 202 Å². The van der Waals surface area contributed by atoms with Gasteiger partial charge in [0.15, 0.2) is 6.23 Å². The molecule has 0 fully saturated rings. The van der Waals surface area contributed by atoms with Crippen molar-refractivity contribution in [3.63, 3.8) is 0 Å². The highest BCUT2D eigenvalue weighted by atomic mass is 19.4. The monoisotopic (exact) mass is 483 g/mol. The van der Waals surface area contributed by atoms with Gasteiger partial charge in [0.25, 0.3) is 0 Å². The number of amides is 2. The molecule has 0 aliphatic heterocycles. The fraction of sp³-hybridized carbons (Fsp3) is 0.296. The third kappa shape index (κ3) is 5.77. The number of hydrogen-bond donors (Lipinski definition) is 3. The molecule has 3 atom stereocenters. The summed E-state index contributed by atoms with van der Waals surface area (Å²) in [6, 6.07) is 12.8. The fourth-order valence-corrected chi connectivity index (χ4v) is 4.35. The van der Waals surface area contributed by atoms with Crippen LogP contribution in [-0.4, -0.2) is 42.4 Å². The van der Waals surface area contributed by atoms with Gasteiger partial charge in [-0.25, -0.2) is 4.79 Å². The van der Waals surface area contributed by atoms with Crippen LogP contribution in [0.5, 0.6) is 0 Å². The minimum Gasteiger partial charge on any atom is -0.369 e. The first-order valence-electron chi connectivity index (χ1n) is 11.4. The third-order valence-electron chi connectivity index (χ3n) is 6.20. The van der Waals surface area contributed by atoms with Crippen molar-refractivity contribution in [1.82, 2.24) is 10.2 Å². The van der Waals surface area contributed by atoms with Crippen LogP contribution in [-0.2, 0) is 12.8 Å². The molecule has 5 nitrogen and oxygen atoms in total.